The zero-order valence-corrected chi connectivity index (χ0v) is 49.1. The zero-order chi connectivity index (χ0) is 52.4. The molecule has 0 radical (unpaired) electrons. The molecule has 77 heavy (non-hydrogen) atoms. The number of benzene rings is 3. The lowest BCUT2D eigenvalue weighted by Gasteiger charge is -2.36. The standard InChI is InChI=1S/C9H10.2C8H9N.C8H14.2C7H13N.C7H12.C6H11N.C6H12.C5H11N/c1-2-5-9-7-3-6-8(9)4-1;1-2-4-8-6-9-5-7(8)3-1;1-2-4-8-7(3-1)5-6-9-8;1-2-8-5-3-7(1)4-6-8;1-3-7-4-2-6(1)5-8-7;1-2-6-4-5-7(3-1)8-6;1-2-7-4-3-6(1)5-7;1-2-6-3-5(1)4-7-6;2*1-2-4-6-5-3-1/h1-2,4-5H,3,6-7H2;2*1-4,9H,5-6H2;7-8H,1-6H2;2*6-8H,1-5H2;6-7H,1-5H2;5-7H,1-4H2;1-6H2;6H,1-5H2. The summed E-state index contributed by atoms with van der Waals surface area (Å²) in [4.78, 5) is 0. The average Bonchev–Trinajstić information content (AvgIpc) is 4.40. The maximum atomic E-state index is 3.59. The Balaban J connectivity index is 0.000000105. The van der Waals surface area contributed by atoms with Crippen molar-refractivity contribution in [2.24, 2.45) is 35.5 Å². The lowest BCUT2D eigenvalue weighted by atomic mass is 9.71. The van der Waals surface area contributed by atoms with Crippen molar-refractivity contribution in [3.05, 3.63) is 101 Å². The Kier molecular flexibility index (Phi) is 25.9. The number of aryl methyl sites for hydroxylation is 2. The van der Waals surface area contributed by atoms with E-state index in [4.69, 9.17) is 0 Å². The lowest BCUT2D eigenvalue weighted by Crippen LogP contribution is -2.44. The molecule has 4 unspecified atom stereocenters. The predicted octanol–water partition coefficient (Wildman–Crippen LogP) is 16.2. The van der Waals surface area contributed by atoms with E-state index in [9.17, 15) is 0 Å². The zero-order valence-electron chi connectivity index (χ0n) is 49.1. The summed E-state index contributed by atoms with van der Waals surface area (Å²) in [7, 11) is 0. The van der Waals surface area contributed by atoms with Gasteiger partial charge in [0.2, 0.25) is 0 Å². The summed E-state index contributed by atoms with van der Waals surface area (Å²) in [5.41, 5.74) is 8.82. The van der Waals surface area contributed by atoms with Crippen molar-refractivity contribution >= 4 is 5.69 Å². The molecule has 428 valence electrons. The van der Waals surface area contributed by atoms with Crippen molar-refractivity contribution in [3.63, 3.8) is 0 Å². The number of piperidine rings is 5. The van der Waals surface area contributed by atoms with E-state index in [1.54, 1.807) is 81.8 Å². The van der Waals surface area contributed by atoms with Crippen LogP contribution in [0.25, 0.3) is 0 Å². The third-order valence-corrected chi connectivity index (χ3v) is 21.0. The number of anilines is 1. The maximum Gasteiger partial charge on any atom is 0.0373 e. The van der Waals surface area contributed by atoms with Crippen molar-refractivity contribution in [2.75, 3.05) is 38.0 Å². The summed E-state index contributed by atoms with van der Waals surface area (Å²) in [5.74, 6) is 6.75. The predicted molar refractivity (Wildman–Crippen MR) is 330 cm³/mol. The Hall–Kier alpha value is -2.74. The van der Waals surface area contributed by atoms with Gasteiger partial charge in [-0.25, -0.2) is 0 Å². The van der Waals surface area contributed by atoms with Crippen LogP contribution in [0.3, 0.4) is 0 Å². The van der Waals surface area contributed by atoms with Crippen LogP contribution < -0.4 is 31.9 Å². The Morgan fingerprint density at radius 1 is 0.286 bits per heavy atom. The van der Waals surface area contributed by atoms with Gasteiger partial charge < -0.3 is 31.9 Å². The summed E-state index contributed by atoms with van der Waals surface area (Å²) >= 11 is 0. The topological polar surface area (TPSA) is 72.2 Å². The Labute approximate surface area is 472 Å². The first-order valence-electron chi connectivity index (χ1n) is 33.7. The van der Waals surface area contributed by atoms with Gasteiger partial charge in [0, 0.05) is 49.5 Å². The van der Waals surface area contributed by atoms with Gasteiger partial charge in [0.15, 0.2) is 0 Å². The quantitative estimate of drug-likeness (QED) is 0.135. The van der Waals surface area contributed by atoms with Gasteiger partial charge in [0.05, 0.1) is 0 Å². The van der Waals surface area contributed by atoms with Gasteiger partial charge in [-0.1, -0.05) is 182 Å². The van der Waals surface area contributed by atoms with Crippen molar-refractivity contribution in [1.29, 1.82) is 0 Å². The van der Waals surface area contributed by atoms with Crippen molar-refractivity contribution in [2.45, 2.75) is 268 Å². The van der Waals surface area contributed by atoms with Gasteiger partial charge in [-0.2, -0.15) is 0 Å². The fourth-order valence-corrected chi connectivity index (χ4v) is 16.0. The summed E-state index contributed by atoms with van der Waals surface area (Å²) in [6.07, 6.45) is 53.1. The van der Waals surface area contributed by atoms with Crippen LogP contribution in [0, 0.1) is 35.5 Å². The van der Waals surface area contributed by atoms with Crippen LogP contribution in [0.2, 0.25) is 0 Å². The summed E-state index contributed by atoms with van der Waals surface area (Å²) in [6.45, 7) is 8.33. The second kappa shape index (κ2) is 33.9. The molecule has 0 amide bonds. The van der Waals surface area contributed by atoms with Gasteiger partial charge in [0.25, 0.3) is 0 Å². The highest BCUT2D eigenvalue weighted by atomic mass is 15.0. The van der Waals surface area contributed by atoms with E-state index in [0.717, 1.165) is 67.5 Å². The molecule has 8 saturated carbocycles. The van der Waals surface area contributed by atoms with E-state index in [-0.39, 0.29) is 0 Å². The molecule has 3 aromatic rings. The second-order valence-electron chi connectivity index (χ2n) is 26.8. The third kappa shape index (κ3) is 20.9. The smallest absolute Gasteiger partial charge is 0.0373 e. The molecule has 6 heteroatoms. The van der Waals surface area contributed by atoms with Crippen LogP contribution in [0.15, 0.2) is 72.8 Å². The van der Waals surface area contributed by atoms with Crippen LogP contribution in [0.5, 0.6) is 0 Å². The van der Waals surface area contributed by atoms with Crippen LogP contribution in [0.1, 0.15) is 240 Å². The molecule has 9 aliphatic carbocycles. The molecule has 8 heterocycles. The lowest BCUT2D eigenvalue weighted by molar-refractivity contribution is 0.176. The van der Waals surface area contributed by atoms with Crippen LogP contribution in [-0.4, -0.2) is 56.9 Å². The van der Waals surface area contributed by atoms with Crippen molar-refractivity contribution < 1.29 is 0 Å². The Morgan fingerprint density at radius 2 is 0.727 bits per heavy atom. The second-order valence-corrected chi connectivity index (χ2v) is 26.8. The molecule has 6 N–H and O–H groups in total. The number of hydrogen-bond acceptors (Lipinski definition) is 6. The number of rotatable bonds is 0. The van der Waals surface area contributed by atoms with E-state index >= 15 is 0 Å². The first-order valence-corrected chi connectivity index (χ1v) is 33.7. The SMILES string of the molecule is C1CC2CC1CN2.C1CC2CCC(C1)N2.C1CC2CCC1C2.C1CC2CCC1CC2.C1CC2CCC1CN2.C1CCCCC1.C1CCNCC1.c1ccc2c(c1)CCC2.c1ccc2c(c1)CCN2.c1ccc2c(c1)CNC2. The van der Waals surface area contributed by atoms with E-state index in [2.05, 4.69) is 105 Å². The third-order valence-electron chi connectivity index (χ3n) is 21.0. The minimum atomic E-state index is 0.903. The molecule has 14 fully saturated rings. The summed E-state index contributed by atoms with van der Waals surface area (Å²) in [5, 5.41) is 20.4. The molecule has 6 nitrogen and oxygen atoms in total. The molecule has 0 spiro atoms. The molecule has 3 aromatic carbocycles. The Bertz CT molecular complexity index is 1650. The number of hydrogen-bond donors (Lipinski definition) is 6. The molecule has 4 atom stereocenters. The van der Waals surface area contributed by atoms with Crippen molar-refractivity contribution in [1.82, 2.24) is 26.6 Å². The molecule has 10 bridgehead atoms. The molecule has 6 saturated heterocycles. The number of fused-ring (bicyclic) bond motifs is 15. The van der Waals surface area contributed by atoms with E-state index in [0.29, 0.717) is 0 Å². The Morgan fingerprint density at radius 3 is 1.06 bits per heavy atom. The minimum absolute atomic E-state index is 0.903. The van der Waals surface area contributed by atoms with Gasteiger partial charge in [-0.3, -0.25) is 0 Å². The average molecular weight is 1050 g/mol. The normalized spacial score (nSPS) is 31.8. The molecule has 8 aliphatic heterocycles. The fraction of sp³-hybridized carbons (Fsp3) is 0.746. The first-order chi connectivity index (χ1) is 38.1. The summed E-state index contributed by atoms with van der Waals surface area (Å²) < 4.78 is 0. The van der Waals surface area contributed by atoms with E-state index < -0.39 is 0 Å². The van der Waals surface area contributed by atoms with Crippen LogP contribution >= 0.6 is 0 Å². The number of nitrogens with one attached hydrogen (secondary N) is 6. The molecular weight excluding hydrogens is 937 g/mol. The first kappa shape index (κ1) is 58.9. The van der Waals surface area contributed by atoms with Gasteiger partial charge >= 0.3 is 0 Å². The minimum Gasteiger partial charge on any atom is -0.384 e. The van der Waals surface area contributed by atoms with E-state index in [1.165, 1.54) is 221 Å². The molecule has 0 aromatic heterocycles. The van der Waals surface area contributed by atoms with Gasteiger partial charge in [-0.15, -0.1) is 0 Å². The summed E-state index contributed by atoms with van der Waals surface area (Å²) in [6, 6.07) is 29.4. The molecule has 20 rings (SSSR count). The van der Waals surface area contributed by atoms with E-state index in [1.807, 2.05) is 0 Å². The largest absolute Gasteiger partial charge is 0.384 e. The highest BCUT2D eigenvalue weighted by molar-refractivity contribution is 5.54. The fourth-order valence-electron chi connectivity index (χ4n) is 16.0. The van der Waals surface area contributed by atoms with Gasteiger partial charge in [-0.05, 0) is 211 Å². The maximum absolute atomic E-state index is 3.59. The number of para-hydroxylation sites is 1. The monoisotopic (exact) mass is 1050 g/mol. The van der Waals surface area contributed by atoms with Crippen molar-refractivity contribution in [3.8, 4) is 0 Å². The highest BCUT2D eigenvalue weighted by Gasteiger charge is 2.32. The van der Waals surface area contributed by atoms with Crippen LogP contribution in [-0.2, 0) is 32.4 Å². The van der Waals surface area contributed by atoms with Crippen LogP contribution in [0.4, 0.5) is 5.69 Å². The van der Waals surface area contributed by atoms with Gasteiger partial charge in [0.1, 0.15) is 0 Å². The molecular formula is C71H114N6. The molecule has 17 aliphatic rings. The highest BCUT2D eigenvalue weighted by Crippen LogP contribution is 2.44.